The van der Waals surface area contributed by atoms with E-state index in [1.165, 1.54) is 0 Å². The number of carbonyl (C=O) groups excluding carboxylic acids is 1. The van der Waals surface area contributed by atoms with E-state index in [4.69, 9.17) is 5.41 Å². The summed E-state index contributed by atoms with van der Waals surface area (Å²) in [6.07, 6.45) is 6.11. The third-order valence-electron chi connectivity index (χ3n) is 4.75. The van der Waals surface area contributed by atoms with Crippen LogP contribution in [0.5, 0.6) is 0 Å². The number of carbonyl (C=O) groups is 1. The fraction of sp³-hybridized carbons (Fsp3) is 0.316. The molecule has 1 aliphatic carbocycles. The lowest BCUT2D eigenvalue weighted by Crippen LogP contribution is -2.10. The first-order chi connectivity index (χ1) is 12.2. The van der Waals surface area contributed by atoms with Crippen LogP contribution >= 0.6 is 0 Å². The summed E-state index contributed by atoms with van der Waals surface area (Å²) in [6, 6.07) is 6.09. The van der Waals surface area contributed by atoms with Crippen molar-refractivity contribution < 1.29 is 4.79 Å². The first-order valence-corrected chi connectivity index (χ1v) is 8.60. The van der Waals surface area contributed by atoms with Crippen LogP contribution in [0.25, 0.3) is 11.1 Å². The quantitative estimate of drug-likeness (QED) is 0.645. The number of pyridine rings is 1. The van der Waals surface area contributed by atoms with E-state index in [0.717, 1.165) is 40.9 Å². The van der Waals surface area contributed by atoms with Crippen molar-refractivity contribution in [3.05, 3.63) is 36.2 Å². The monoisotopic (exact) mass is 335 g/mol. The largest absolute Gasteiger partial charge is 0.388 e. The van der Waals surface area contributed by atoms with E-state index in [1.54, 1.807) is 6.20 Å². The van der Waals surface area contributed by atoms with E-state index in [1.807, 2.05) is 25.4 Å². The summed E-state index contributed by atoms with van der Waals surface area (Å²) in [6.45, 7) is 0.592. The maximum absolute atomic E-state index is 11.8. The van der Waals surface area contributed by atoms with Crippen molar-refractivity contribution in [2.75, 3.05) is 29.5 Å². The molecule has 0 bridgehead atoms. The topological polar surface area (TPSA) is 89.9 Å². The lowest BCUT2D eigenvalue weighted by Gasteiger charge is -2.16. The van der Waals surface area contributed by atoms with Crippen molar-refractivity contribution in [3.8, 4) is 11.1 Å². The van der Waals surface area contributed by atoms with Crippen LogP contribution in [-0.2, 0) is 4.79 Å². The van der Waals surface area contributed by atoms with Crippen molar-refractivity contribution in [2.45, 2.75) is 19.3 Å². The van der Waals surface area contributed by atoms with Crippen molar-refractivity contribution in [2.24, 2.45) is 5.92 Å². The molecule has 1 aromatic carbocycles. The van der Waals surface area contributed by atoms with Crippen molar-refractivity contribution >= 4 is 28.7 Å². The van der Waals surface area contributed by atoms with Crippen LogP contribution in [0.4, 0.5) is 17.1 Å². The summed E-state index contributed by atoms with van der Waals surface area (Å²) in [5.41, 5.74) is 6.13. The highest BCUT2D eigenvalue weighted by Gasteiger charge is 2.29. The van der Waals surface area contributed by atoms with Gasteiger partial charge in [0.15, 0.2) is 0 Å². The first kappa shape index (κ1) is 15.6. The summed E-state index contributed by atoms with van der Waals surface area (Å²) in [4.78, 5) is 16.1. The smallest absolute Gasteiger partial charge is 0.226 e. The minimum absolute atomic E-state index is 0.00747. The fourth-order valence-electron chi connectivity index (χ4n) is 3.22. The fourth-order valence-corrected chi connectivity index (χ4v) is 3.22. The zero-order valence-corrected chi connectivity index (χ0v) is 14.1. The lowest BCUT2D eigenvalue weighted by molar-refractivity contribution is -0.115. The van der Waals surface area contributed by atoms with Gasteiger partial charge in [0.2, 0.25) is 5.91 Å². The van der Waals surface area contributed by atoms with Gasteiger partial charge in [-0.3, -0.25) is 9.78 Å². The summed E-state index contributed by atoms with van der Waals surface area (Å²) in [5, 5.41) is 17.9. The summed E-state index contributed by atoms with van der Waals surface area (Å²) in [5.74, 6) is 0.373. The molecule has 1 saturated carbocycles. The highest BCUT2D eigenvalue weighted by Crippen LogP contribution is 2.39. The van der Waals surface area contributed by atoms with Crippen molar-refractivity contribution in [1.29, 1.82) is 5.41 Å². The molecule has 1 aliphatic heterocycles. The van der Waals surface area contributed by atoms with Gasteiger partial charge >= 0.3 is 0 Å². The summed E-state index contributed by atoms with van der Waals surface area (Å²) in [7, 11) is 1.88. The van der Waals surface area contributed by atoms with Crippen molar-refractivity contribution in [1.82, 2.24) is 4.98 Å². The molecule has 1 aromatic heterocycles. The molecule has 1 fully saturated rings. The molecule has 2 heterocycles. The van der Waals surface area contributed by atoms with Gasteiger partial charge in [0, 0.05) is 54.7 Å². The molecule has 0 radical (unpaired) electrons. The Balaban J connectivity index is 1.80. The molecule has 0 atom stereocenters. The average molecular weight is 335 g/mol. The van der Waals surface area contributed by atoms with Crippen molar-refractivity contribution in [3.63, 3.8) is 0 Å². The maximum Gasteiger partial charge on any atom is 0.226 e. The molecule has 0 unspecified atom stereocenters. The molecule has 25 heavy (non-hydrogen) atoms. The number of nitrogens with zero attached hydrogens (tertiary/aromatic N) is 1. The van der Waals surface area contributed by atoms with E-state index in [0.29, 0.717) is 30.3 Å². The van der Waals surface area contributed by atoms with Crippen LogP contribution in [0, 0.1) is 11.3 Å². The average Bonchev–Trinajstić information content (AvgIpc) is 3.47. The number of hydrogen-bond donors (Lipinski definition) is 4. The second-order valence-electron chi connectivity index (χ2n) is 6.53. The minimum atomic E-state index is -0.00747. The molecule has 2 aliphatic rings. The summed E-state index contributed by atoms with van der Waals surface area (Å²) < 4.78 is 0. The lowest BCUT2D eigenvalue weighted by atomic mass is 9.97. The van der Waals surface area contributed by atoms with E-state index in [2.05, 4.69) is 27.0 Å². The SMILES string of the molecule is CNc1ccc(-c2cncc3c2NCCC(=O)N3)cc1C(=N)C1CC1. The van der Waals surface area contributed by atoms with Gasteiger partial charge in [-0.25, -0.2) is 0 Å². The van der Waals surface area contributed by atoms with Crippen LogP contribution < -0.4 is 16.0 Å². The van der Waals surface area contributed by atoms with Gasteiger partial charge in [-0.15, -0.1) is 0 Å². The number of fused-ring (bicyclic) bond motifs is 1. The zero-order valence-electron chi connectivity index (χ0n) is 14.1. The van der Waals surface area contributed by atoms with Crippen LogP contribution in [0.2, 0.25) is 0 Å². The van der Waals surface area contributed by atoms with Gasteiger partial charge in [0.05, 0.1) is 17.6 Å². The van der Waals surface area contributed by atoms with Crippen LogP contribution in [0.3, 0.4) is 0 Å². The van der Waals surface area contributed by atoms with Gasteiger partial charge in [-0.1, -0.05) is 6.07 Å². The molecule has 0 spiro atoms. The third-order valence-corrected chi connectivity index (χ3v) is 4.75. The van der Waals surface area contributed by atoms with Gasteiger partial charge in [-0.05, 0) is 30.5 Å². The standard InChI is InChI=1S/C19H21N5O/c1-21-15-5-4-12(8-13(15)18(20)11-2-3-11)14-9-22-10-16-19(14)23-7-6-17(25)24-16/h4-5,8-11,20-21,23H,2-3,6-7H2,1H3,(H,24,25). The molecular formula is C19H21N5O. The number of anilines is 3. The van der Waals surface area contributed by atoms with Crippen LogP contribution in [-0.4, -0.2) is 30.2 Å². The predicted octanol–water partition coefficient (Wildman–Crippen LogP) is 3.32. The molecule has 0 saturated heterocycles. The number of rotatable bonds is 4. The Morgan fingerprint density at radius 2 is 2.16 bits per heavy atom. The Hall–Kier alpha value is -2.89. The van der Waals surface area contributed by atoms with E-state index in [-0.39, 0.29) is 5.91 Å². The molecule has 4 N–H and O–H groups in total. The number of benzene rings is 1. The van der Waals surface area contributed by atoms with Gasteiger partial charge in [0.25, 0.3) is 0 Å². The number of aromatic nitrogens is 1. The first-order valence-electron chi connectivity index (χ1n) is 8.60. The summed E-state index contributed by atoms with van der Waals surface area (Å²) >= 11 is 0. The highest BCUT2D eigenvalue weighted by atomic mass is 16.1. The molecule has 128 valence electrons. The Bertz CT molecular complexity index is 857. The minimum Gasteiger partial charge on any atom is -0.388 e. The normalized spacial score (nSPS) is 16.3. The van der Waals surface area contributed by atoms with E-state index < -0.39 is 0 Å². The van der Waals surface area contributed by atoms with Crippen LogP contribution in [0.1, 0.15) is 24.8 Å². The van der Waals surface area contributed by atoms with E-state index in [9.17, 15) is 4.79 Å². The molecule has 6 nitrogen and oxygen atoms in total. The third kappa shape index (κ3) is 2.95. The number of hydrogen-bond acceptors (Lipinski definition) is 5. The van der Waals surface area contributed by atoms with Crippen LogP contribution in [0.15, 0.2) is 30.6 Å². The molecule has 6 heteroatoms. The van der Waals surface area contributed by atoms with E-state index >= 15 is 0 Å². The molecular weight excluding hydrogens is 314 g/mol. The zero-order chi connectivity index (χ0) is 17.4. The molecule has 4 rings (SSSR count). The molecule has 2 aromatic rings. The maximum atomic E-state index is 11.8. The predicted molar refractivity (Wildman–Crippen MR) is 101 cm³/mol. The number of nitrogens with one attached hydrogen (secondary N) is 4. The second-order valence-corrected chi connectivity index (χ2v) is 6.53. The van der Waals surface area contributed by atoms with Gasteiger partial charge in [-0.2, -0.15) is 0 Å². The van der Waals surface area contributed by atoms with Gasteiger partial charge in [0.1, 0.15) is 0 Å². The Kier molecular flexibility index (Phi) is 3.87. The Labute approximate surface area is 146 Å². The Morgan fingerprint density at radius 1 is 1.32 bits per heavy atom. The van der Waals surface area contributed by atoms with Gasteiger partial charge < -0.3 is 21.4 Å². The second kappa shape index (κ2) is 6.20. The Morgan fingerprint density at radius 3 is 2.92 bits per heavy atom. The highest BCUT2D eigenvalue weighted by molar-refractivity contribution is 6.07. The number of amides is 1. The molecule has 1 amide bonds.